The highest BCUT2D eigenvalue weighted by Gasteiger charge is 2.26. The molecule has 4 nitrogen and oxygen atoms in total. The van der Waals surface area contributed by atoms with Crippen molar-refractivity contribution in [2.75, 3.05) is 13.2 Å². The third kappa shape index (κ3) is 3.81. The summed E-state index contributed by atoms with van der Waals surface area (Å²) in [5, 5.41) is 6.27. The van der Waals surface area contributed by atoms with Crippen molar-refractivity contribution >= 4 is 5.91 Å². The molecule has 0 bridgehead atoms. The van der Waals surface area contributed by atoms with Gasteiger partial charge in [-0.1, -0.05) is 24.3 Å². The Morgan fingerprint density at radius 2 is 2.10 bits per heavy atom. The van der Waals surface area contributed by atoms with Crippen molar-refractivity contribution in [2.45, 2.75) is 45.4 Å². The van der Waals surface area contributed by atoms with Gasteiger partial charge in [-0.25, -0.2) is 0 Å². The molecule has 0 saturated carbocycles. The van der Waals surface area contributed by atoms with Crippen LogP contribution in [0.15, 0.2) is 24.3 Å². The van der Waals surface area contributed by atoms with E-state index in [9.17, 15) is 4.79 Å². The maximum absolute atomic E-state index is 12.2. The summed E-state index contributed by atoms with van der Waals surface area (Å²) in [6, 6.07) is 8.11. The molecule has 2 rings (SSSR count). The first kappa shape index (κ1) is 15.0. The van der Waals surface area contributed by atoms with E-state index in [2.05, 4.69) is 22.8 Å². The van der Waals surface area contributed by atoms with Crippen molar-refractivity contribution in [1.29, 1.82) is 0 Å². The molecule has 20 heavy (non-hydrogen) atoms. The van der Waals surface area contributed by atoms with Gasteiger partial charge in [-0.2, -0.15) is 0 Å². The number of rotatable bonds is 5. The molecular weight excluding hydrogens is 252 g/mol. The molecule has 110 valence electrons. The van der Waals surface area contributed by atoms with E-state index in [1.165, 1.54) is 11.1 Å². The molecular formula is C16H24N2O2. The lowest BCUT2D eigenvalue weighted by Crippen LogP contribution is -2.51. The Hall–Kier alpha value is -1.39. The van der Waals surface area contributed by atoms with E-state index in [4.69, 9.17) is 4.74 Å². The summed E-state index contributed by atoms with van der Waals surface area (Å²) >= 11 is 0. The maximum Gasteiger partial charge on any atom is 0.237 e. The van der Waals surface area contributed by atoms with Crippen LogP contribution in [0.2, 0.25) is 0 Å². The number of ether oxygens (including phenoxy) is 1. The molecule has 0 aromatic heterocycles. The van der Waals surface area contributed by atoms with Gasteiger partial charge in [0.15, 0.2) is 0 Å². The van der Waals surface area contributed by atoms with Crippen LogP contribution in [0.3, 0.4) is 0 Å². The molecule has 1 aromatic carbocycles. The van der Waals surface area contributed by atoms with Gasteiger partial charge in [0.25, 0.3) is 0 Å². The molecule has 0 fully saturated rings. The van der Waals surface area contributed by atoms with Crippen molar-refractivity contribution in [1.82, 2.24) is 10.6 Å². The van der Waals surface area contributed by atoms with Crippen LogP contribution in [0, 0.1) is 0 Å². The average Bonchev–Trinajstić information content (AvgIpc) is 2.44. The van der Waals surface area contributed by atoms with Gasteiger partial charge in [-0.15, -0.1) is 0 Å². The minimum absolute atomic E-state index is 0.0484. The lowest BCUT2D eigenvalue weighted by atomic mass is 9.95. The van der Waals surface area contributed by atoms with Gasteiger partial charge < -0.3 is 15.4 Å². The number of hydrogen-bond donors (Lipinski definition) is 2. The van der Waals surface area contributed by atoms with Crippen LogP contribution in [0.25, 0.3) is 0 Å². The van der Waals surface area contributed by atoms with Crippen LogP contribution in [-0.2, 0) is 22.5 Å². The van der Waals surface area contributed by atoms with Crippen LogP contribution < -0.4 is 10.6 Å². The molecule has 1 heterocycles. The first-order valence-electron chi connectivity index (χ1n) is 7.23. The molecule has 1 aliphatic rings. The number of fused-ring (bicyclic) bond motifs is 1. The van der Waals surface area contributed by atoms with Crippen LogP contribution in [-0.4, -0.2) is 30.7 Å². The molecule has 1 aromatic rings. The Morgan fingerprint density at radius 1 is 1.40 bits per heavy atom. The topological polar surface area (TPSA) is 50.4 Å². The van der Waals surface area contributed by atoms with Crippen molar-refractivity contribution in [3.05, 3.63) is 35.4 Å². The smallest absolute Gasteiger partial charge is 0.237 e. The highest BCUT2D eigenvalue weighted by Crippen LogP contribution is 2.16. The van der Waals surface area contributed by atoms with Crippen molar-refractivity contribution in [3.8, 4) is 0 Å². The SMILES string of the molecule is CCOC(C)(C)CNC(=O)C1Cc2ccccc2CN1. The van der Waals surface area contributed by atoms with Crippen LogP contribution in [0.1, 0.15) is 31.9 Å². The number of carbonyl (C=O) groups is 1. The number of benzene rings is 1. The minimum Gasteiger partial charge on any atom is -0.374 e. The quantitative estimate of drug-likeness (QED) is 0.859. The second-order valence-corrected chi connectivity index (χ2v) is 5.82. The normalized spacial score (nSPS) is 18.4. The zero-order valence-electron chi connectivity index (χ0n) is 12.5. The van der Waals surface area contributed by atoms with E-state index in [0.29, 0.717) is 13.2 Å². The van der Waals surface area contributed by atoms with Crippen LogP contribution in [0.5, 0.6) is 0 Å². The van der Waals surface area contributed by atoms with E-state index in [1.54, 1.807) is 0 Å². The van der Waals surface area contributed by atoms with Gasteiger partial charge in [0.05, 0.1) is 11.6 Å². The van der Waals surface area contributed by atoms with Gasteiger partial charge >= 0.3 is 0 Å². The average molecular weight is 276 g/mol. The van der Waals surface area contributed by atoms with Gasteiger partial charge in [-0.05, 0) is 38.3 Å². The number of hydrogen-bond acceptors (Lipinski definition) is 3. The summed E-state index contributed by atoms with van der Waals surface area (Å²) < 4.78 is 5.59. The Balaban J connectivity index is 1.89. The Morgan fingerprint density at radius 3 is 2.80 bits per heavy atom. The van der Waals surface area contributed by atoms with Crippen molar-refractivity contribution < 1.29 is 9.53 Å². The molecule has 0 radical (unpaired) electrons. The van der Waals surface area contributed by atoms with Crippen molar-refractivity contribution in [3.63, 3.8) is 0 Å². The van der Waals surface area contributed by atoms with Crippen LogP contribution in [0.4, 0.5) is 0 Å². The zero-order chi connectivity index (χ0) is 14.6. The lowest BCUT2D eigenvalue weighted by Gasteiger charge is -2.28. The number of nitrogens with one attached hydrogen (secondary N) is 2. The standard InChI is InChI=1S/C16H24N2O2/c1-4-20-16(2,3)11-18-15(19)14-9-12-7-5-6-8-13(12)10-17-14/h5-8,14,17H,4,9-11H2,1-3H3,(H,18,19). The van der Waals surface area contributed by atoms with Gasteiger partial charge in [0.1, 0.15) is 0 Å². The van der Waals surface area contributed by atoms with Gasteiger partial charge in [-0.3, -0.25) is 4.79 Å². The first-order chi connectivity index (χ1) is 9.52. The van der Waals surface area contributed by atoms with E-state index in [-0.39, 0.29) is 17.6 Å². The highest BCUT2D eigenvalue weighted by atomic mass is 16.5. The molecule has 1 atom stereocenters. The highest BCUT2D eigenvalue weighted by molar-refractivity contribution is 5.82. The van der Waals surface area contributed by atoms with Gasteiger partial charge in [0, 0.05) is 19.7 Å². The van der Waals surface area contributed by atoms with E-state index in [0.717, 1.165) is 13.0 Å². The third-order valence-electron chi connectivity index (χ3n) is 3.62. The number of amides is 1. The largest absolute Gasteiger partial charge is 0.374 e. The van der Waals surface area contributed by atoms with Crippen molar-refractivity contribution in [2.24, 2.45) is 0 Å². The molecule has 0 aliphatic carbocycles. The molecule has 2 N–H and O–H groups in total. The monoisotopic (exact) mass is 276 g/mol. The molecule has 4 heteroatoms. The van der Waals surface area contributed by atoms with E-state index >= 15 is 0 Å². The van der Waals surface area contributed by atoms with E-state index in [1.807, 2.05) is 32.9 Å². The Labute approximate surface area is 120 Å². The molecule has 1 aliphatic heterocycles. The predicted octanol–water partition coefficient (Wildman–Crippen LogP) is 1.63. The molecule has 1 amide bonds. The van der Waals surface area contributed by atoms with Gasteiger partial charge in [0.2, 0.25) is 5.91 Å². The van der Waals surface area contributed by atoms with E-state index < -0.39 is 0 Å². The minimum atomic E-state index is -0.322. The fraction of sp³-hybridized carbons (Fsp3) is 0.562. The summed E-state index contributed by atoms with van der Waals surface area (Å²) in [5.74, 6) is 0.0484. The fourth-order valence-electron chi connectivity index (χ4n) is 2.50. The lowest BCUT2D eigenvalue weighted by molar-refractivity contribution is -0.124. The summed E-state index contributed by atoms with van der Waals surface area (Å²) in [7, 11) is 0. The summed E-state index contributed by atoms with van der Waals surface area (Å²) in [6.45, 7) is 7.87. The first-order valence-corrected chi connectivity index (χ1v) is 7.23. The summed E-state index contributed by atoms with van der Waals surface area (Å²) in [4.78, 5) is 12.2. The van der Waals surface area contributed by atoms with Crippen LogP contribution >= 0.6 is 0 Å². The summed E-state index contributed by atoms with van der Waals surface area (Å²) in [6.07, 6.45) is 0.747. The maximum atomic E-state index is 12.2. The second-order valence-electron chi connectivity index (χ2n) is 5.82. The Kier molecular flexibility index (Phi) is 4.78. The second kappa shape index (κ2) is 6.37. The molecule has 1 unspecified atom stereocenters. The third-order valence-corrected chi connectivity index (χ3v) is 3.62. The Bertz CT molecular complexity index is 471. The fourth-order valence-corrected chi connectivity index (χ4v) is 2.50. The number of carbonyl (C=O) groups excluding carboxylic acids is 1. The predicted molar refractivity (Wildman–Crippen MR) is 79.5 cm³/mol. The zero-order valence-corrected chi connectivity index (χ0v) is 12.5. The molecule has 0 saturated heterocycles. The summed E-state index contributed by atoms with van der Waals surface area (Å²) in [5.41, 5.74) is 2.22. The molecule has 0 spiro atoms.